The lowest BCUT2D eigenvalue weighted by atomic mass is 10.0. The number of piperazine rings is 1. The molecule has 2 unspecified atom stereocenters. The van der Waals surface area contributed by atoms with Crippen LogP contribution in [0.4, 0.5) is 0 Å². The van der Waals surface area contributed by atoms with E-state index in [-0.39, 0.29) is 0 Å². The summed E-state index contributed by atoms with van der Waals surface area (Å²) in [5, 5.41) is 4.65. The van der Waals surface area contributed by atoms with Gasteiger partial charge in [-0.2, -0.15) is 0 Å². The van der Waals surface area contributed by atoms with Gasteiger partial charge in [-0.3, -0.25) is 4.90 Å². The van der Waals surface area contributed by atoms with Gasteiger partial charge in [0.2, 0.25) is 0 Å². The van der Waals surface area contributed by atoms with E-state index < -0.39 is 0 Å². The molecule has 1 heterocycles. The Morgan fingerprint density at radius 3 is 2.57 bits per heavy atom. The SMILES string of the molecule is CN1CCN(C)C(CNC(c2ccc(Cl)cc2)C2CC2)C1. The first kappa shape index (κ1) is 15.3. The average molecular weight is 308 g/mol. The second-order valence-electron chi connectivity index (χ2n) is 6.67. The average Bonchev–Trinajstić information content (AvgIpc) is 3.29. The van der Waals surface area contributed by atoms with E-state index in [0.29, 0.717) is 12.1 Å². The second kappa shape index (κ2) is 6.66. The monoisotopic (exact) mass is 307 g/mol. The fraction of sp³-hybridized carbons (Fsp3) is 0.647. The van der Waals surface area contributed by atoms with E-state index in [9.17, 15) is 0 Å². The van der Waals surface area contributed by atoms with Crippen molar-refractivity contribution in [2.45, 2.75) is 24.9 Å². The minimum absolute atomic E-state index is 0.489. The van der Waals surface area contributed by atoms with Crippen molar-refractivity contribution in [2.24, 2.45) is 5.92 Å². The normalized spacial score (nSPS) is 26.0. The van der Waals surface area contributed by atoms with Gasteiger partial charge in [-0.1, -0.05) is 23.7 Å². The molecule has 2 atom stereocenters. The molecule has 1 aromatic rings. The van der Waals surface area contributed by atoms with Crippen molar-refractivity contribution in [3.8, 4) is 0 Å². The van der Waals surface area contributed by atoms with E-state index in [2.05, 4.69) is 41.3 Å². The van der Waals surface area contributed by atoms with Crippen LogP contribution in [0.1, 0.15) is 24.4 Å². The summed E-state index contributed by atoms with van der Waals surface area (Å²) in [6.45, 7) is 4.56. The van der Waals surface area contributed by atoms with Crippen molar-refractivity contribution in [2.75, 3.05) is 40.3 Å². The van der Waals surface area contributed by atoms with E-state index >= 15 is 0 Å². The van der Waals surface area contributed by atoms with Crippen LogP contribution in [-0.4, -0.2) is 56.1 Å². The molecule has 3 rings (SSSR count). The molecular formula is C17H26ClN3. The molecule has 1 saturated heterocycles. The summed E-state index contributed by atoms with van der Waals surface area (Å²) in [6, 6.07) is 9.47. The molecule has 1 aromatic carbocycles. The van der Waals surface area contributed by atoms with Gasteiger partial charge in [0.25, 0.3) is 0 Å². The van der Waals surface area contributed by atoms with Gasteiger partial charge < -0.3 is 10.2 Å². The number of hydrogen-bond acceptors (Lipinski definition) is 3. The highest BCUT2D eigenvalue weighted by molar-refractivity contribution is 6.30. The fourth-order valence-corrected chi connectivity index (χ4v) is 3.37. The number of halogens is 1. The van der Waals surface area contributed by atoms with Gasteiger partial charge in [-0.15, -0.1) is 0 Å². The van der Waals surface area contributed by atoms with Gasteiger partial charge in [0, 0.05) is 43.3 Å². The molecule has 3 nitrogen and oxygen atoms in total. The Morgan fingerprint density at radius 1 is 1.19 bits per heavy atom. The summed E-state index contributed by atoms with van der Waals surface area (Å²) in [6.07, 6.45) is 2.70. The van der Waals surface area contributed by atoms with Crippen LogP contribution in [0.15, 0.2) is 24.3 Å². The quantitative estimate of drug-likeness (QED) is 0.902. The number of nitrogens with zero attached hydrogens (tertiary/aromatic N) is 2. The van der Waals surface area contributed by atoms with E-state index in [1.807, 2.05) is 12.1 Å². The first-order valence-electron chi connectivity index (χ1n) is 8.01. The van der Waals surface area contributed by atoms with Gasteiger partial charge >= 0.3 is 0 Å². The van der Waals surface area contributed by atoms with Crippen LogP contribution in [-0.2, 0) is 0 Å². The van der Waals surface area contributed by atoms with Crippen molar-refractivity contribution in [1.29, 1.82) is 0 Å². The molecule has 1 N–H and O–H groups in total. The van der Waals surface area contributed by atoms with Crippen LogP contribution in [0, 0.1) is 5.92 Å². The Kier molecular flexibility index (Phi) is 4.85. The summed E-state index contributed by atoms with van der Waals surface area (Å²) >= 11 is 6.01. The second-order valence-corrected chi connectivity index (χ2v) is 7.11. The van der Waals surface area contributed by atoms with Gasteiger partial charge in [0.05, 0.1) is 0 Å². The third kappa shape index (κ3) is 3.98. The lowest BCUT2D eigenvalue weighted by Crippen LogP contribution is -2.54. The van der Waals surface area contributed by atoms with Crippen LogP contribution in [0.5, 0.6) is 0 Å². The van der Waals surface area contributed by atoms with Crippen LogP contribution in [0.25, 0.3) is 0 Å². The largest absolute Gasteiger partial charge is 0.308 e. The predicted molar refractivity (Wildman–Crippen MR) is 88.8 cm³/mol. The first-order valence-corrected chi connectivity index (χ1v) is 8.39. The Labute approximate surface area is 133 Å². The molecule has 21 heavy (non-hydrogen) atoms. The Balaban J connectivity index is 1.61. The number of nitrogens with one attached hydrogen (secondary N) is 1. The number of likely N-dealkylation sites (N-methyl/N-ethyl adjacent to an activating group) is 2. The van der Waals surface area contributed by atoms with Crippen molar-refractivity contribution in [3.63, 3.8) is 0 Å². The molecule has 0 aromatic heterocycles. The first-order chi connectivity index (χ1) is 10.1. The predicted octanol–water partition coefficient (Wildman–Crippen LogP) is 2.63. The lowest BCUT2D eigenvalue weighted by molar-refractivity contribution is 0.110. The summed E-state index contributed by atoms with van der Waals surface area (Å²) in [4.78, 5) is 4.92. The van der Waals surface area contributed by atoms with Crippen molar-refractivity contribution < 1.29 is 0 Å². The molecule has 2 fully saturated rings. The molecule has 2 aliphatic rings. The van der Waals surface area contributed by atoms with Gasteiger partial charge in [0.15, 0.2) is 0 Å². The van der Waals surface area contributed by atoms with Gasteiger partial charge in [-0.25, -0.2) is 0 Å². The number of hydrogen-bond donors (Lipinski definition) is 1. The molecule has 1 saturated carbocycles. The fourth-order valence-electron chi connectivity index (χ4n) is 3.24. The van der Waals surface area contributed by atoms with Crippen LogP contribution in [0.2, 0.25) is 5.02 Å². The zero-order chi connectivity index (χ0) is 14.8. The molecule has 0 spiro atoms. The zero-order valence-electron chi connectivity index (χ0n) is 13.1. The molecule has 0 bridgehead atoms. The summed E-state index contributed by atoms with van der Waals surface area (Å²) < 4.78 is 0. The maximum atomic E-state index is 6.01. The molecule has 0 radical (unpaired) electrons. The van der Waals surface area contributed by atoms with E-state index in [1.165, 1.54) is 24.9 Å². The zero-order valence-corrected chi connectivity index (χ0v) is 13.8. The molecule has 1 aliphatic carbocycles. The standard InChI is InChI=1S/C17H26ClN3/c1-20-9-10-21(2)16(12-20)11-19-17(13-3-4-13)14-5-7-15(18)8-6-14/h5-8,13,16-17,19H,3-4,9-12H2,1-2H3. The van der Waals surface area contributed by atoms with Crippen molar-refractivity contribution in [1.82, 2.24) is 15.1 Å². The van der Waals surface area contributed by atoms with Crippen LogP contribution < -0.4 is 5.32 Å². The maximum Gasteiger partial charge on any atom is 0.0406 e. The molecule has 116 valence electrons. The van der Waals surface area contributed by atoms with E-state index in [4.69, 9.17) is 11.6 Å². The maximum absolute atomic E-state index is 6.01. The Hall–Kier alpha value is -0.610. The van der Waals surface area contributed by atoms with Crippen LogP contribution >= 0.6 is 11.6 Å². The van der Waals surface area contributed by atoms with Crippen molar-refractivity contribution >= 4 is 11.6 Å². The number of benzene rings is 1. The molecule has 0 amide bonds. The molecule has 4 heteroatoms. The third-order valence-corrected chi connectivity index (χ3v) is 5.13. The van der Waals surface area contributed by atoms with Crippen molar-refractivity contribution in [3.05, 3.63) is 34.9 Å². The topological polar surface area (TPSA) is 18.5 Å². The van der Waals surface area contributed by atoms with E-state index in [1.54, 1.807) is 0 Å². The summed E-state index contributed by atoms with van der Waals surface area (Å²) in [5.74, 6) is 0.804. The highest BCUT2D eigenvalue weighted by atomic mass is 35.5. The third-order valence-electron chi connectivity index (χ3n) is 4.88. The lowest BCUT2D eigenvalue weighted by Gasteiger charge is -2.38. The van der Waals surface area contributed by atoms with Gasteiger partial charge in [0.1, 0.15) is 0 Å². The molecular weight excluding hydrogens is 282 g/mol. The number of rotatable bonds is 5. The van der Waals surface area contributed by atoms with Crippen LogP contribution in [0.3, 0.4) is 0 Å². The Bertz CT molecular complexity index is 458. The highest BCUT2D eigenvalue weighted by Gasteiger charge is 2.33. The highest BCUT2D eigenvalue weighted by Crippen LogP contribution is 2.41. The minimum atomic E-state index is 0.489. The summed E-state index contributed by atoms with van der Waals surface area (Å²) in [5.41, 5.74) is 1.38. The summed E-state index contributed by atoms with van der Waals surface area (Å²) in [7, 11) is 4.46. The van der Waals surface area contributed by atoms with Gasteiger partial charge in [-0.05, 0) is 50.6 Å². The minimum Gasteiger partial charge on any atom is -0.308 e. The Morgan fingerprint density at radius 2 is 1.90 bits per heavy atom. The van der Waals surface area contributed by atoms with E-state index in [0.717, 1.165) is 30.6 Å². The smallest absolute Gasteiger partial charge is 0.0406 e. The molecule has 1 aliphatic heterocycles.